The highest BCUT2D eigenvalue weighted by Crippen LogP contribution is 2.57. The Labute approximate surface area is 299 Å². The van der Waals surface area contributed by atoms with Gasteiger partial charge in [0.05, 0.1) is 0 Å². The molecule has 0 bridgehead atoms. The first kappa shape index (κ1) is 37.0. The standard InChI is InChI=1S/C40H36O12/c1-21(41)47-30-11-7-27(8-12-30)15-35-36-19-34(51-25(5)45)20-37(52-26(6)46)40(36)39(38(35)28-9-13-31(14-10-28)48-22(2)42)29-16-32(49-23(3)43)18-33(17-29)50-24(4)44/h7,9-14,16-20,27,39H,8,15H2,1-6H3/t27?,39-/m1/s1. The molecule has 0 N–H and O–H groups in total. The summed E-state index contributed by atoms with van der Waals surface area (Å²) in [5.74, 6) is -3.01. The van der Waals surface area contributed by atoms with Gasteiger partial charge < -0.3 is 28.4 Å². The number of rotatable bonds is 10. The molecule has 2 aliphatic carbocycles. The van der Waals surface area contributed by atoms with Gasteiger partial charge in [-0.2, -0.15) is 0 Å². The van der Waals surface area contributed by atoms with E-state index in [0.717, 1.165) is 11.1 Å². The van der Waals surface area contributed by atoms with Crippen molar-refractivity contribution in [3.63, 3.8) is 0 Å². The van der Waals surface area contributed by atoms with Crippen molar-refractivity contribution in [2.75, 3.05) is 0 Å². The van der Waals surface area contributed by atoms with Crippen LogP contribution in [0.15, 0.2) is 78.6 Å². The maximum absolute atomic E-state index is 12.6. The summed E-state index contributed by atoms with van der Waals surface area (Å²) in [7, 11) is 0. The lowest BCUT2D eigenvalue weighted by Gasteiger charge is -2.22. The Morgan fingerprint density at radius 3 is 1.62 bits per heavy atom. The van der Waals surface area contributed by atoms with Crippen LogP contribution in [-0.2, 0) is 33.5 Å². The molecule has 12 heteroatoms. The van der Waals surface area contributed by atoms with Gasteiger partial charge in [-0.15, -0.1) is 0 Å². The molecule has 3 aromatic carbocycles. The normalized spacial score (nSPS) is 15.9. The molecule has 0 fully saturated rings. The van der Waals surface area contributed by atoms with Crippen molar-refractivity contribution < 1.29 is 57.2 Å². The second kappa shape index (κ2) is 15.7. The van der Waals surface area contributed by atoms with Gasteiger partial charge in [0.2, 0.25) is 0 Å². The average molecular weight is 709 g/mol. The Balaban J connectivity index is 1.82. The third-order valence-electron chi connectivity index (χ3n) is 7.93. The van der Waals surface area contributed by atoms with Gasteiger partial charge in [-0.1, -0.05) is 18.2 Å². The smallest absolute Gasteiger partial charge is 0.308 e. The van der Waals surface area contributed by atoms with E-state index in [1.807, 2.05) is 12.2 Å². The van der Waals surface area contributed by atoms with E-state index >= 15 is 0 Å². The molecule has 3 aromatic rings. The van der Waals surface area contributed by atoms with Gasteiger partial charge in [-0.25, -0.2) is 0 Å². The summed E-state index contributed by atoms with van der Waals surface area (Å²) in [5.41, 5.74) is 3.86. The van der Waals surface area contributed by atoms with Crippen molar-refractivity contribution in [1.29, 1.82) is 0 Å². The molecular weight excluding hydrogens is 672 g/mol. The summed E-state index contributed by atoms with van der Waals surface area (Å²) in [6.07, 6.45) is 6.41. The minimum absolute atomic E-state index is 0.102. The van der Waals surface area contributed by atoms with Crippen molar-refractivity contribution in [3.8, 4) is 28.7 Å². The Kier molecular flexibility index (Phi) is 11.2. The van der Waals surface area contributed by atoms with Crippen molar-refractivity contribution in [2.24, 2.45) is 5.92 Å². The van der Waals surface area contributed by atoms with E-state index in [0.29, 0.717) is 46.6 Å². The molecule has 0 spiro atoms. The van der Waals surface area contributed by atoms with Crippen LogP contribution < -0.4 is 23.7 Å². The molecule has 12 nitrogen and oxygen atoms in total. The molecule has 52 heavy (non-hydrogen) atoms. The highest BCUT2D eigenvalue weighted by Gasteiger charge is 2.38. The van der Waals surface area contributed by atoms with Gasteiger partial charge in [0.15, 0.2) is 0 Å². The van der Waals surface area contributed by atoms with E-state index in [4.69, 9.17) is 28.4 Å². The molecule has 0 aliphatic heterocycles. The first-order chi connectivity index (χ1) is 24.7. The van der Waals surface area contributed by atoms with E-state index in [9.17, 15) is 28.8 Å². The van der Waals surface area contributed by atoms with Gasteiger partial charge in [-0.05, 0) is 89.1 Å². The quantitative estimate of drug-likeness (QED) is 0.161. The number of allylic oxidation sites excluding steroid dienone is 5. The second-order valence-electron chi connectivity index (χ2n) is 12.2. The minimum Gasteiger partial charge on any atom is -0.427 e. The SMILES string of the molecule is CC(=O)OC1=CCC(CC2=C(c3ccc(OC(C)=O)cc3)[C@@H](c3cc(OC(C)=O)cc(OC(C)=O)c3)c3c(OC(C)=O)cc(OC(C)=O)cc32)C=C1. The molecular formula is C40H36O12. The van der Waals surface area contributed by atoms with Gasteiger partial charge in [0.25, 0.3) is 0 Å². The number of ether oxygens (including phenoxy) is 6. The topological polar surface area (TPSA) is 158 Å². The third-order valence-corrected chi connectivity index (χ3v) is 7.93. The van der Waals surface area contributed by atoms with Crippen LogP contribution in [0, 0.1) is 5.92 Å². The summed E-state index contributed by atoms with van der Waals surface area (Å²) < 4.78 is 32.8. The Hall–Kier alpha value is -6.30. The predicted octanol–water partition coefficient (Wildman–Crippen LogP) is 6.78. The van der Waals surface area contributed by atoms with Gasteiger partial charge in [-0.3, -0.25) is 28.8 Å². The van der Waals surface area contributed by atoms with Gasteiger partial charge in [0.1, 0.15) is 34.5 Å². The number of carbonyl (C=O) groups excluding carboxylic acids is 6. The number of esters is 6. The van der Waals surface area contributed by atoms with Crippen LogP contribution >= 0.6 is 0 Å². The van der Waals surface area contributed by atoms with Gasteiger partial charge >= 0.3 is 35.8 Å². The van der Waals surface area contributed by atoms with Crippen LogP contribution in [-0.4, -0.2) is 35.8 Å². The van der Waals surface area contributed by atoms with Crippen LogP contribution in [0.2, 0.25) is 0 Å². The lowest BCUT2D eigenvalue weighted by Crippen LogP contribution is -2.11. The number of benzene rings is 3. The van der Waals surface area contributed by atoms with E-state index in [1.54, 1.807) is 48.5 Å². The molecule has 0 saturated heterocycles. The fourth-order valence-corrected chi connectivity index (χ4v) is 6.35. The zero-order chi connectivity index (χ0) is 37.7. The van der Waals surface area contributed by atoms with E-state index in [1.165, 1.54) is 53.7 Å². The predicted molar refractivity (Wildman–Crippen MR) is 186 cm³/mol. The van der Waals surface area contributed by atoms with Crippen LogP contribution in [0.3, 0.4) is 0 Å². The highest BCUT2D eigenvalue weighted by atomic mass is 16.6. The molecule has 0 amide bonds. The first-order valence-electron chi connectivity index (χ1n) is 16.3. The lowest BCUT2D eigenvalue weighted by molar-refractivity contribution is -0.137. The van der Waals surface area contributed by atoms with Crippen molar-refractivity contribution in [1.82, 2.24) is 0 Å². The number of fused-ring (bicyclic) bond motifs is 1. The van der Waals surface area contributed by atoms with E-state index in [2.05, 4.69) is 0 Å². The van der Waals surface area contributed by atoms with Crippen LogP contribution in [0.1, 0.15) is 82.6 Å². The summed E-state index contributed by atoms with van der Waals surface area (Å²) in [6, 6.07) is 14.7. The molecule has 2 atom stereocenters. The molecule has 0 aromatic heterocycles. The van der Waals surface area contributed by atoms with E-state index < -0.39 is 41.7 Å². The molecule has 5 rings (SSSR count). The van der Waals surface area contributed by atoms with Crippen molar-refractivity contribution in [2.45, 2.75) is 60.3 Å². The number of carbonyl (C=O) groups is 6. The number of hydrogen-bond donors (Lipinski definition) is 0. The summed E-state index contributed by atoms with van der Waals surface area (Å²) in [5, 5.41) is 0. The zero-order valence-electron chi connectivity index (χ0n) is 29.4. The summed E-state index contributed by atoms with van der Waals surface area (Å²) >= 11 is 0. The first-order valence-corrected chi connectivity index (χ1v) is 16.3. The highest BCUT2D eigenvalue weighted by molar-refractivity contribution is 6.03. The van der Waals surface area contributed by atoms with Crippen LogP contribution in [0.5, 0.6) is 28.7 Å². The second-order valence-corrected chi connectivity index (χ2v) is 12.2. The Morgan fingerprint density at radius 1 is 0.596 bits per heavy atom. The minimum atomic E-state index is -0.741. The van der Waals surface area contributed by atoms with Crippen molar-refractivity contribution >= 4 is 47.0 Å². The Morgan fingerprint density at radius 2 is 1.12 bits per heavy atom. The molecule has 1 unspecified atom stereocenters. The zero-order valence-corrected chi connectivity index (χ0v) is 29.4. The molecule has 0 heterocycles. The Bertz CT molecular complexity index is 2030. The van der Waals surface area contributed by atoms with Crippen LogP contribution in [0.25, 0.3) is 11.1 Å². The maximum Gasteiger partial charge on any atom is 0.308 e. The van der Waals surface area contributed by atoms with E-state index in [-0.39, 0.29) is 28.9 Å². The van der Waals surface area contributed by atoms with Crippen LogP contribution in [0.4, 0.5) is 0 Å². The molecule has 2 aliphatic rings. The fourth-order valence-electron chi connectivity index (χ4n) is 6.35. The summed E-state index contributed by atoms with van der Waals surface area (Å²) in [4.78, 5) is 72.3. The largest absolute Gasteiger partial charge is 0.427 e. The molecule has 0 saturated carbocycles. The van der Waals surface area contributed by atoms with Crippen molar-refractivity contribution in [3.05, 3.63) is 101 Å². The summed E-state index contributed by atoms with van der Waals surface area (Å²) in [6.45, 7) is 7.61. The van der Waals surface area contributed by atoms with Gasteiger partial charge in [0, 0.05) is 65.2 Å². The third kappa shape index (κ3) is 9.08. The average Bonchev–Trinajstić information content (AvgIpc) is 3.34. The fraction of sp³-hybridized carbons (Fsp3) is 0.250. The lowest BCUT2D eigenvalue weighted by atomic mass is 9.83. The monoisotopic (exact) mass is 708 g/mol. The molecule has 268 valence electrons. The molecule has 0 radical (unpaired) electrons. The number of hydrogen-bond acceptors (Lipinski definition) is 12. The maximum atomic E-state index is 12.6.